The van der Waals surface area contributed by atoms with Crippen LogP contribution in [-0.4, -0.2) is 37.8 Å². The summed E-state index contributed by atoms with van der Waals surface area (Å²) in [7, 11) is 1.45. The van der Waals surface area contributed by atoms with Crippen LogP contribution in [0.2, 0.25) is 0 Å². The maximum atomic E-state index is 12.3. The van der Waals surface area contributed by atoms with Crippen LogP contribution in [0, 0.1) is 0 Å². The Balaban J connectivity index is 1.98. The van der Waals surface area contributed by atoms with Crippen LogP contribution in [0.5, 0.6) is 11.5 Å². The summed E-state index contributed by atoms with van der Waals surface area (Å²) < 4.78 is 21.2. The maximum absolute atomic E-state index is 12.3. The molecule has 150 valence electrons. The van der Waals surface area contributed by atoms with Crippen LogP contribution in [0.25, 0.3) is 0 Å². The van der Waals surface area contributed by atoms with Crippen molar-refractivity contribution in [3.63, 3.8) is 0 Å². The minimum absolute atomic E-state index is 0.129. The summed E-state index contributed by atoms with van der Waals surface area (Å²) in [6.07, 6.45) is 0. The number of carbonyl (C=O) groups excluding carboxylic acids is 2. The van der Waals surface area contributed by atoms with E-state index in [1.807, 2.05) is 30.3 Å². The van der Waals surface area contributed by atoms with Crippen LogP contribution in [0.1, 0.15) is 29.8 Å². The summed E-state index contributed by atoms with van der Waals surface area (Å²) in [6.45, 7) is 3.53. The van der Waals surface area contributed by atoms with Crippen molar-refractivity contribution in [2.24, 2.45) is 5.73 Å². The molecule has 0 spiro atoms. The number of esters is 2. The van der Waals surface area contributed by atoms with E-state index in [1.165, 1.54) is 20.1 Å². The number of hydrogen-bond acceptors (Lipinski definition) is 7. The molecule has 28 heavy (non-hydrogen) atoms. The fraction of sp³-hybridized carbons (Fsp3) is 0.333. The van der Waals surface area contributed by atoms with E-state index in [-0.39, 0.29) is 19.8 Å². The quantitative estimate of drug-likeness (QED) is 0.661. The molecule has 0 heterocycles. The molecule has 0 saturated carbocycles. The normalized spacial score (nSPS) is 12.6. The number of rotatable bonds is 9. The Morgan fingerprint density at radius 2 is 1.75 bits per heavy atom. The summed E-state index contributed by atoms with van der Waals surface area (Å²) in [5.74, 6) is -0.360. The molecule has 0 fully saturated rings. The van der Waals surface area contributed by atoms with Crippen molar-refractivity contribution in [1.29, 1.82) is 0 Å². The molecule has 7 nitrogen and oxygen atoms in total. The van der Waals surface area contributed by atoms with E-state index in [2.05, 4.69) is 0 Å². The zero-order valence-corrected chi connectivity index (χ0v) is 16.3. The highest BCUT2D eigenvalue weighted by Gasteiger charge is 2.32. The van der Waals surface area contributed by atoms with Crippen molar-refractivity contribution in [1.82, 2.24) is 0 Å². The standard InChI is InChI=1S/C21H25NO6/c1-4-26-19(23)16-10-11-17(18(12-16)25-3)28-14-21(2,22)20(24)27-13-15-8-6-5-7-9-15/h5-12H,4,13-14,22H2,1-3H3. The van der Waals surface area contributed by atoms with Gasteiger partial charge in [-0.15, -0.1) is 0 Å². The minimum atomic E-state index is -1.36. The van der Waals surface area contributed by atoms with Crippen molar-refractivity contribution in [3.05, 3.63) is 59.7 Å². The first-order chi connectivity index (χ1) is 13.4. The largest absolute Gasteiger partial charge is 0.493 e. The summed E-state index contributed by atoms with van der Waals surface area (Å²) in [5, 5.41) is 0. The third kappa shape index (κ3) is 5.72. The van der Waals surface area contributed by atoms with E-state index in [9.17, 15) is 9.59 Å². The Kier molecular flexibility index (Phi) is 7.40. The number of methoxy groups -OCH3 is 1. The molecule has 0 aromatic heterocycles. The average molecular weight is 387 g/mol. The highest BCUT2D eigenvalue weighted by Crippen LogP contribution is 2.29. The smallest absolute Gasteiger partial charge is 0.338 e. The fourth-order valence-electron chi connectivity index (χ4n) is 2.30. The average Bonchev–Trinajstić information content (AvgIpc) is 2.71. The number of ether oxygens (including phenoxy) is 4. The Labute approximate surface area is 164 Å². The van der Waals surface area contributed by atoms with Crippen molar-refractivity contribution in [2.45, 2.75) is 26.0 Å². The molecule has 0 radical (unpaired) electrons. The molecule has 2 rings (SSSR count). The molecule has 0 aliphatic carbocycles. The molecule has 0 aliphatic heterocycles. The van der Waals surface area contributed by atoms with Gasteiger partial charge in [0.1, 0.15) is 18.8 Å². The van der Waals surface area contributed by atoms with Crippen LogP contribution in [-0.2, 0) is 20.9 Å². The van der Waals surface area contributed by atoms with Crippen molar-refractivity contribution in [2.75, 3.05) is 20.3 Å². The van der Waals surface area contributed by atoms with Crippen molar-refractivity contribution < 1.29 is 28.5 Å². The van der Waals surface area contributed by atoms with Gasteiger partial charge in [-0.05, 0) is 37.6 Å². The summed E-state index contributed by atoms with van der Waals surface area (Å²) in [4.78, 5) is 24.1. The van der Waals surface area contributed by atoms with Gasteiger partial charge in [0.15, 0.2) is 11.5 Å². The molecule has 0 aliphatic rings. The van der Waals surface area contributed by atoms with E-state index in [0.29, 0.717) is 17.1 Å². The maximum Gasteiger partial charge on any atom is 0.338 e. The van der Waals surface area contributed by atoms with E-state index in [4.69, 9.17) is 24.7 Å². The van der Waals surface area contributed by atoms with Gasteiger partial charge in [0.25, 0.3) is 0 Å². The van der Waals surface area contributed by atoms with Crippen LogP contribution in [0.15, 0.2) is 48.5 Å². The molecule has 2 N–H and O–H groups in total. The SMILES string of the molecule is CCOC(=O)c1ccc(OCC(C)(N)C(=O)OCc2ccccc2)c(OC)c1. The zero-order valence-electron chi connectivity index (χ0n) is 16.3. The molecule has 1 atom stereocenters. The van der Waals surface area contributed by atoms with E-state index in [0.717, 1.165) is 5.56 Å². The van der Waals surface area contributed by atoms with E-state index < -0.39 is 17.5 Å². The zero-order chi connectivity index (χ0) is 20.6. The van der Waals surface area contributed by atoms with Gasteiger partial charge in [0, 0.05) is 0 Å². The van der Waals surface area contributed by atoms with Gasteiger partial charge in [0.2, 0.25) is 0 Å². The predicted octanol–water partition coefficient (Wildman–Crippen LogP) is 2.71. The molecule has 1 unspecified atom stereocenters. The van der Waals surface area contributed by atoms with E-state index >= 15 is 0 Å². The summed E-state index contributed by atoms with van der Waals surface area (Å²) in [5.41, 5.74) is 5.91. The van der Waals surface area contributed by atoms with Gasteiger partial charge < -0.3 is 24.7 Å². The second-order valence-electron chi connectivity index (χ2n) is 6.35. The van der Waals surface area contributed by atoms with Crippen LogP contribution >= 0.6 is 0 Å². The Bertz CT molecular complexity index is 804. The molecule has 0 saturated heterocycles. The lowest BCUT2D eigenvalue weighted by Gasteiger charge is -2.23. The Morgan fingerprint density at radius 1 is 1.04 bits per heavy atom. The number of carbonyl (C=O) groups is 2. The molecular formula is C21H25NO6. The lowest BCUT2D eigenvalue weighted by molar-refractivity contribution is -0.152. The molecule has 7 heteroatoms. The topological polar surface area (TPSA) is 97.1 Å². The first kappa shape index (κ1) is 21.2. The van der Waals surface area contributed by atoms with Gasteiger partial charge in [-0.25, -0.2) is 9.59 Å². The Morgan fingerprint density at radius 3 is 2.39 bits per heavy atom. The van der Waals surface area contributed by atoms with E-state index in [1.54, 1.807) is 19.1 Å². The molecule has 0 bridgehead atoms. The molecule has 2 aromatic carbocycles. The monoisotopic (exact) mass is 387 g/mol. The van der Waals surface area contributed by atoms with Gasteiger partial charge in [0.05, 0.1) is 19.3 Å². The lowest BCUT2D eigenvalue weighted by atomic mass is 10.1. The van der Waals surface area contributed by atoms with Gasteiger partial charge >= 0.3 is 11.9 Å². The number of benzene rings is 2. The van der Waals surface area contributed by atoms with Crippen molar-refractivity contribution >= 4 is 11.9 Å². The third-order valence-electron chi connectivity index (χ3n) is 3.88. The fourth-order valence-corrected chi connectivity index (χ4v) is 2.30. The van der Waals surface area contributed by atoms with Crippen LogP contribution < -0.4 is 15.2 Å². The van der Waals surface area contributed by atoms with Crippen LogP contribution in [0.3, 0.4) is 0 Å². The number of hydrogen-bond donors (Lipinski definition) is 1. The molecule has 0 amide bonds. The Hall–Kier alpha value is -3.06. The first-order valence-electron chi connectivity index (χ1n) is 8.85. The molecule has 2 aromatic rings. The summed E-state index contributed by atoms with van der Waals surface area (Å²) in [6, 6.07) is 13.9. The second-order valence-corrected chi connectivity index (χ2v) is 6.35. The highest BCUT2D eigenvalue weighted by molar-refractivity contribution is 5.90. The predicted molar refractivity (Wildman–Crippen MR) is 103 cm³/mol. The van der Waals surface area contributed by atoms with Crippen LogP contribution in [0.4, 0.5) is 0 Å². The minimum Gasteiger partial charge on any atom is -0.493 e. The third-order valence-corrected chi connectivity index (χ3v) is 3.88. The van der Waals surface area contributed by atoms with Gasteiger partial charge in [-0.1, -0.05) is 30.3 Å². The van der Waals surface area contributed by atoms with Gasteiger partial charge in [-0.3, -0.25) is 0 Å². The number of nitrogens with two attached hydrogens (primary N) is 1. The molecular weight excluding hydrogens is 362 g/mol. The highest BCUT2D eigenvalue weighted by atomic mass is 16.5. The second kappa shape index (κ2) is 9.75. The van der Waals surface area contributed by atoms with Gasteiger partial charge in [-0.2, -0.15) is 0 Å². The summed E-state index contributed by atoms with van der Waals surface area (Å²) >= 11 is 0. The van der Waals surface area contributed by atoms with Crippen molar-refractivity contribution in [3.8, 4) is 11.5 Å². The first-order valence-corrected chi connectivity index (χ1v) is 8.85. The lowest BCUT2D eigenvalue weighted by Crippen LogP contribution is -2.51.